The summed E-state index contributed by atoms with van der Waals surface area (Å²) < 4.78 is 11.1. The number of carbonyl (C=O) groups is 1. The van der Waals surface area contributed by atoms with E-state index in [-0.39, 0.29) is 11.5 Å². The number of para-hydroxylation sites is 1. The maximum absolute atomic E-state index is 12.8. The third-order valence-corrected chi connectivity index (χ3v) is 5.23. The average molecular weight is 392 g/mol. The Morgan fingerprint density at radius 1 is 1.03 bits per heavy atom. The number of benzene rings is 2. The van der Waals surface area contributed by atoms with Crippen molar-refractivity contribution in [3.05, 3.63) is 76.1 Å². The Hall–Kier alpha value is -3.12. The second-order valence-corrected chi connectivity index (χ2v) is 7.28. The van der Waals surface area contributed by atoms with Crippen molar-refractivity contribution in [2.75, 3.05) is 39.3 Å². The van der Waals surface area contributed by atoms with Crippen LogP contribution >= 0.6 is 0 Å². The Balaban J connectivity index is 1.31. The van der Waals surface area contributed by atoms with E-state index >= 15 is 0 Å². The average Bonchev–Trinajstić information content (AvgIpc) is 2.75. The second-order valence-electron chi connectivity index (χ2n) is 7.28. The summed E-state index contributed by atoms with van der Waals surface area (Å²) in [6, 6.07) is 16.9. The quantitative estimate of drug-likeness (QED) is 0.625. The van der Waals surface area contributed by atoms with Crippen molar-refractivity contribution in [1.82, 2.24) is 9.80 Å². The maximum atomic E-state index is 12.8. The molecule has 6 nitrogen and oxygen atoms in total. The van der Waals surface area contributed by atoms with Crippen molar-refractivity contribution in [3.63, 3.8) is 0 Å². The fourth-order valence-corrected chi connectivity index (χ4v) is 3.48. The second kappa shape index (κ2) is 8.49. The number of hydrogen-bond acceptors (Lipinski definition) is 5. The van der Waals surface area contributed by atoms with Crippen LogP contribution in [0.4, 0.5) is 0 Å². The largest absolute Gasteiger partial charge is 0.492 e. The lowest BCUT2D eigenvalue weighted by atomic mass is 10.1. The van der Waals surface area contributed by atoms with Gasteiger partial charge in [0, 0.05) is 38.1 Å². The van der Waals surface area contributed by atoms with Crippen molar-refractivity contribution in [1.29, 1.82) is 0 Å². The molecule has 0 radical (unpaired) electrons. The van der Waals surface area contributed by atoms with E-state index in [4.69, 9.17) is 9.15 Å². The number of carbonyl (C=O) groups excluding carboxylic acids is 1. The fraction of sp³-hybridized carbons (Fsp3) is 0.304. The number of ether oxygens (including phenoxy) is 1. The zero-order valence-electron chi connectivity index (χ0n) is 16.5. The summed E-state index contributed by atoms with van der Waals surface area (Å²) in [5.41, 5.74) is 1.22. The normalized spacial score (nSPS) is 14.9. The molecule has 0 aliphatic carbocycles. The van der Waals surface area contributed by atoms with E-state index in [0.717, 1.165) is 30.8 Å². The molecule has 0 saturated carbocycles. The molecule has 2 aromatic carbocycles. The number of nitrogens with zero attached hydrogens (tertiary/aromatic N) is 2. The molecule has 3 aromatic rings. The van der Waals surface area contributed by atoms with Crippen molar-refractivity contribution < 1.29 is 13.9 Å². The molecule has 1 amide bonds. The number of amides is 1. The van der Waals surface area contributed by atoms with E-state index in [1.807, 2.05) is 43.3 Å². The minimum atomic E-state index is -0.581. The zero-order valence-corrected chi connectivity index (χ0v) is 16.5. The summed E-state index contributed by atoms with van der Waals surface area (Å²) in [6.07, 6.45) is 0. The molecule has 1 fully saturated rings. The molecule has 0 spiro atoms. The van der Waals surface area contributed by atoms with Crippen LogP contribution in [0.1, 0.15) is 15.9 Å². The summed E-state index contributed by atoms with van der Waals surface area (Å²) in [5.74, 6) is 0.604. The summed E-state index contributed by atoms with van der Waals surface area (Å²) in [4.78, 5) is 29.0. The van der Waals surface area contributed by atoms with Gasteiger partial charge in [-0.2, -0.15) is 0 Å². The zero-order chi connectivity index (χ0) is 20.2. The molecule has 0 atom stereocenters. The number of fused-ring (bicyclic) bond motifs is 1. The summed E-state index contributed by atoms with van der Waals surface area (Å²) in [6.45, 7) is 6.11. The topological polar surface area (TPSA) is 63.0 Å². The number of aryl methyl sites for hydroxylation is 1. The molecule has 29 heavy (non-hydrogen) atoms. The molecule has 2 heterocycles. The highest BCUT2D eigenvalue weighted by Gasteiger charge is 2.24. The van der Waals surface area contributed by atoms with Crippen LogP contribution in [0.5, 0.6) is 5.75 Å². The molecule has 1 aliphatic rings. The van der Waals surface area contributed by atoms with Crippen LogP contribution < -0.4 is 10.4 Å². The van der Waals surface area contributed by atoms with Crippen LogP contribution in [0.2, 0.25) is 0 Å². The molecule has 6 heteroatoms. The lowest BCUT2D eigenvalue weighted by molar-refractivity contribution is 0.0616. The predicted molar refractivity (Wildman–Crippen MR) is 112 cm³/mol. The van der Waals surface area contributed by atoms with Gasteiger partial charge in [0.1, 0.15) is 23.5 Å². The highest BCUT2D eigenvalue weighted by atomic mass is 16.5. The van der Waals surface area contributed by atoms with Crippen molar-refractivity contribution in [2.45, 2.75) is 6.92 Å². The molecule has 0 N–H and O–H groups in total. The minimum absolute atomic E-state index is 0.0971. The Kier molecular flexibility index (Phi) is 5.62. The Labute approximate surface area is 169 Å². The molecule has 1 aliphatic heterocycles. The van der Waals surface area contributed by atoms with Crippen LogP contribution in [0.15, 0.2) is 63.8 Å². The van der Waals surface area contributed by atoms with E-state index in [1.54, 1.807) is 23.1 Å². The van der Waals surface area contributed by atoms with Gasteiger partial charge in [0.2, 0.25) is 0 Å². The first-order chi connectivity index (χ1) is 14.1. The summed E-state index contributed by atoms with van der Waals surface area (Å²) >= 11 is 0. The highest BCUT2D eigenvalue weighted by molar-refractivity contribution is 5.96. The van der Waals surface area contributed by atoms with E-state index in [9.17, 15) is 9.59 Å². The van der Waals surface area contributed by atoms with Crippen LogP contribution in [0.3, 0.4) is 0 Å². The van der Waals surface area contributed by atoms with E-state index < -0.39 is 5.63 Å². The molecule has 0 bridgehead atoms. The summed E-state index contributed by atoms with van der Waals surface area (Å²) in [5, 5.41) is 0.752. The Bertz CT molecular complexity index is 1050. The lowest BCUT2D eigenvalue weighted by Crippen LogP contribution is -2.50. The van der Waals surface area contributed by atoms with Gasteiger partial charge in [-0.3, -0.25) is 9.69 Å². The van der Waals surface area contributed by atoms with Gasteiger partial charge >= 0.3 is 5.63 Å². The number of piperazine rings is 1. The fourth-order valence-electron chi connectivity index (χ4n) is 3.48. The van der Waals surface area contributed by atoms with E-state index in [1.165, 1.54) is 5.56 Å². The van der Waals surface area contributed by atoms with Crippen molar-refractivity contribution in [3.8, 4) is 5.75 Å². The first-order valence-electron chi connectivity index (χ1n) is 9.84. The summed E-state index contributed by atoms with van der Waals surface area (Å²) in [7, 11) is 0. The van der Waals surface area contributed by atoms with Crippen molar-refractivity contribution in [2.24, 2.45) is 0 Å². The predicted octanol–water partition coefficient (Wildman–Crippen LogP) is 2.94. The maximum Gasteiger partial charge on any atom is 0.349 e. The Morgan fingerprint density at radius 2 is 1.76 bits per heavy atom. The molecule has 1 aromatic heterocycles. The Morgan fingerprint density at radius 3 is 2.52 bits per heavy atom. The molecular formula is C23H24N2O4. The lowest BCUT2D eigenvalue weighted by Gasteiger charge is -2.34. The first-order valence-corrected chi connectivity index (χ1v) is 9.84. The van der Waals surface area contributed by atoms with Gasteiger partial charge in [-0.1, -0.05) is 35.9 Å². The number of hydrogen-bond donors (Lipinski definition) is 0. The molecule has 0 unspecified atom stereocenters. The molecule has 150 valence electrons. The van der Waals surface area contributed by atoms with Crippen LogP contribution in [-0.2, 0) is 0 Å². The van der Waals surface area contributed by atoms with Gasteiger partial charge in [0.05, 0.1) is 0 Å². The number of rotatable bonds is 5. The third-order valence-electron chi connectivity index (χ3n) is 5.23. The third kappa shape index (κ3) is 4.49. The van der Waals surface area contributed by atoms with Crippen LogP contribution in [-0.4, -0.2) is 55.0 Å². The van der Waals surface area contributed by atoms with Crippen molar-refractivity contribution >= 4 is 16.9 Å². The monoisotopic (exact) mass is 392 g/mol. The minimum Gasteiger partial charge on any atom is -0.492 e. The van der Waals surface area contributed by atoms with Gasteiger partial charge in [-0.05, 0) is 31.2 Å². The molecular weight excluding hydrogens is 368 g/mol. The standard InChI is InChI=1S/C23H24N2O4/c1-17-6-8-19(9-7-17)28-15-14-24-10-12-25(13-11-24)22(26)20-16-18-4-2-3-5-21(18)29-23(20)27/h2-9,16H,10-15H2,1H3. The van der Waals surface area contributed by atoms with Gasteiger partial charge in [0.15, 0.2) is 0 Å². The van der Waals surface area contributed by atoms with Crippen LogP contribution in [0, 0.1) is 6.92 Å². The van der Waals surface area contributed by atoms with Gasteiger partial charge in [-0.25, -0.2) is 4.79 Å². The van der Waals surface area contributed by atoms with Gasteiger partial charge in [-0.15, -0.1) is 0 Å². The van der Waals surface area contributed by atoms with Gasteiger partial charge < -0.3 is 14.1 Å². The van der Waals surface area contributed by atoms with E-state index in [0.29, 0.717) is 25.3 Å². The smallest absolute Gasteiger partial charge is 0.349 e. The van der Waals surface area contributed by atoms with Crippen LogP contribution in [0.25, 0.3) is 11.0 Å². The first kappa shape index (κ1) is 19.2. The van der Waals surface area contributed by atoms with E-state index in [2.05, 4.69) is 4.90 Å². The molecule has 1 saturated heterocycles. The van der Waals surface area contributed by atoms with Gasteiger partial charge in [0.25, 0.3) is 5.91 Å². The highest BCUT2D eigenvalue weighted by Crippen LogP contribution is 2.15. The molecule has 4 rings (SSSR count). The SMILES string of the molecule is Cc1ccc(OCCN2CCN(C(=O)c3cc4ccccc4oc3=O)CC2)cc1.